The number of amides is 2. The minimum atomic E-state index is -0.0141. The van der Waals surface area contributed by atoms with Gasteiger partial charge < -0.3 is 15.5 Å². The van der Waals surface area contributed by atoms with Crippen LogP contribution in [0.3, 0.4) is 0 Å². The quantitative estimate of drug-likeness (QED) is 0.746. The molecule has 0 aliphatic carbocycles. The average molecular weight is 227 g/mol. The van der Waals surface area contributed by atoms with E-state index < -0.39 is 0 Å². The van der Waals surface area contributed by atoms with E-state index in [2.05, 4.69) is 29.4 Å². The van der Waals surface area contributed by atoms with Gasteiger partial charge in [0.05, 0.1) is 0 Å². The summed E-state index contributed by atoms with van der Waals surface area (Å²) in [6.07, 6.45) is 3.41. The number of hydrogen-bond acceptors (Lipinski definition) is 2. The molecule has 1 aliphatic rings. The summed E-state index contributed by atoms with van der Waals surface area (Å²) in [5.74, 6) is 0.662. The van der Waals surface area contributed by atoms with Crippen molar-refractivity contribution in [1.29, 1.82) is 0 Å². The van der Waals surface area contributed by atoms with Gasteiger partial charge in [-0.3, -0.25) is 0 Å². The smallest absolute Gasteiger partial charge is 0.314 e. The Morgan fingerprint density at radius 2 is 1.94 bits per heavy atom. The SMILES string of the molecule is CCCNC(=O)NCC1CCN(CC)CC1. The van der Waals surface area contributed by atoms with Crippen molar-refractivity contribution in [1.82, 2.24) is 15.5 Å². The van der Waals surface area contributed by atoms with Gasteiger partial charge in [0.25, 0.3) is 0 Å². The first-order chi connectivity index (χ1) is 7.76. The maximum atomic E-state index is 11.3. The molecule has 16 heavy (non-hydrogen) atoms. The molecule has 0 aromatic heterocycles. The average Bonchev–Trinajstić information content (AvgIpc) is 2.34. The third-order valence-electron chi connectivity index (χ3n) is 3.24. The Kier molecular flexibility index (Phi) is 6.23. The molecule has 0 aromatic rings. The summed E-state index contributed by atoms with van der Waals surface area (Å²) >= 11 is 0. The lowest BCUT2D eigenvalue weighted by Gasteiger charge is -2.31. The third-order valence-corrected chi connectivity index (χ3v) is 3.24. The summed E-state index contributed by atoms with van der Waals surface area (Å²) in [4.78, 5) is 13.8. The molecule has 2 N–H and O–H groups in total. The van der Waals surface area contributed by atoms with Crippen LogP contribution >= 0.6 is 0 Å². The molecular formula is C12H25N3O. The van der Waals surface area contributed by atoms with Crippen LogP contribution in [0.25, 0.3) is 0 Å². The molecule has 1 saturated heterocycles. The van der Waals surface area contributed by atoms with Gasteiger partial charge in [-0.2, -0.15) is 0 Å². The third kappa shape index (κ3) is 4.84. The van der Waals surface area contributed by atoms with Crippen LogP contribution in [0.15, 0.2) is 0 Å². The second-order valence-corrected chi connectivity index (χ2v) is 4.51. The maximum absolute atomic E-state index is 11.3. The number of carbonyl (C=O) groups is 1. The van der Waals surface area contributed by atoms with Gasteiger partial charge in [0.15, 0.2) is 0 Å². The maximum Gasteiger partial charge on any atom is 0.314 e. The Bertz CT molecular complexity index is 200. The number of nitrogens with zero attached hydrogens (tertiary/aromatic N) is 1. The Hall–Kier alpha value is -0.770. The largest absolute Gasteiger partial charge is 0.338 e. The Morgan fingerprint density at radius 1 is 1.25 bits per heavy atom. The van der Waals surface area contributed by atoms with E-state index in [1.165, 1.54) is 25.9 Å². The summed E-state index contributed by atoms with van der Waals surface area (Å²) in [5.41, 5.74) is 0. The summed E-state index contributed by atoms with van der Waals surface area (Å²) in [6.45, 7) is 9.36. The Morgan fingerprint density at radius 3 is 2.50 bits per heavy atom. The highest BCUT2D eigenvalue weighted by atomic mass is 16.2. The monoisotopic (exact) mass is 227 g/mol. The van der Waals surface area contributed by atoms with Crippen LogP contribution in [0.2, 0.25) is 0 Å². The second kappa shape index (κ2) is 7.49. The standard InChI is InChI=1S/C12H25N3O/c1-3-7-13-12(16)14-10-11-5-8-15(4-2)9-6-11/h11H,3-10H2,1-2H3,(H2,13,14,16). The topological polar surface area (TPSA) is 44.4 Å². The van der Waals surface area contributed by atoms with E-state index in [4.69, 9.17) is 0 Å². The van der Waals surface area contributed by atoms with E-state index in [0.717, 1.165) is 26.1 Å². The van der Waals surface area contributed by atoms with Crippen LogP contribution < -0.4 is 10.6 Å². The molecule has 0 unspecified atom stereocenters. The van der Waals surface area contributed by atoms with Gasteiger partial charge in [0, 0.05) is 13.1 Å². The van der Waals surface area contributed by atoms with Gasteiger partial charge in [0.2, 0.25) is 0 Å². The predicted molar refractivity (Wildman–Crippen MR) is 66.5 cm³/mol. The fourth-order valence-electron chi connectivity index (χ4n) is 2.04. The van der Waals surface area contributed by atoms with E-state index in [0.29, 0.717) is 5.92 Å². The van der Waals surface area contributed by atoms with Crippen molar-refractivity contribution >= 4 is 6.03 Å². The lowest BCUT2D eigenvalue weighted by molar-refractivity contribution is 0.188. The van der Waals surface area contributed by atoms with Crippen LogP contribution in [0.1, 0.15) is 33.1 Å². The van der Waals surface area contributed by atoms with E-state index in [9.17, 15) is 4.79 Å². The zero-order chi connectivity index (χ0) is 11.8. The molecule has 4 heteroatoms. The van der Waals surface area contributed by atoms with Crippen LogP contribution in [-0.4, -0.2) is 43.7 Å². The van der Waals surface area contributed by atoms with Gasteiger partial charge in [-0.25, -0.2) is 4.79 Å². The van der Waals surface area contributed by atoms with Crippen molar-refractivity contribution in [2.45, 2.75) is 33.1 Å². The molecule has 4 nitrogen and oxygen atoms in total. The zero-order valence-electron chi connectivity index (χ0n) is 10.6. The summed E-state index contributed by atoms with van der Waals surface area (Å²) in [5, 5.41) is 5.78. The van der Waals surface area contributed by atoms with Crippen molar-refractivity contribution in [3.05, 3.63) is 0 Å². The minimum Gasteiger partial charge on any atom is -0.338 e. The fraction of sp³-hybridized carbons (Fsp3) is 0.917. The van der Waals surface area contributed by atoms with E-state index in [1.807, 2.05) is 0 Å². The number of piperidine rings is 1. The van der Waals surface area contributed by atoms with Crippen molar-refractivity contribution < 1.29 is 4.79 Å². The fourth-order valence-corrected chi connectivity index (χ4v) is 2.04. The molecule has 0 spiro atoms. The highest BCUT2D eigenvalue weighted by Crippen LogP contribution is 2.15. The van der Waals surface area contributed by atoms with Gasteiger partial charge in [-0.05, 0) is 44.8 Å². The van der Waals surface area contributed by atoms with Gasteiger partial charge in [-0.1, -0.05) is 13.8 Å². The highest BCUT2D eigenvalue weighted by molar-refractivity contribution is 5.73. The Labute approximate surface area is 98.8 Å². The molecule has 0 aromatic carbocycles. The van der Waals surface area contributed by atoms with Gasteiger partial charge >= 0.3 is 6.03 Å². The first-order valence-electron chi connectivity index (χ1n) is 6.50. The summed E-state index contributed by atoms with van der Waals surface area (Å²) in [7, 11) is 0. The molecule has 0 atom stereocenters. The molecule has 1 rings (SSSR count). The molecule has 94 valence electrons. The lowest BCUT2D eigenvalue weighted by atomic mass is 9.97. The van der Waals surface area contributed by atoms with Crippen molar-refractivity contribution in [3.8, 4) is 0 Å². The lowest BCUT2D eigenvalue weighted by Crippen LogP contribution is -2.42. The summed E-state index contributed by atoms with van der Waals surface area (Å²) in [6, 6.07) is -0.0141. The van der Waals surface area contributed by atoms with Crippen LogP contribution in [0.5, 0.6) is 0 Å². The van der Waals surface area contributed by atoms with Crippen molar-refractivity contribution in [2.24, 2.45) is 5.92 Å². The molecule has 0 bridgehead atoms. The molecule has 1 aliphatic heterocycles. The van der Waals surface area contributed by atoms with Crippen molar-refractivity contribution in [3.63, 3.8) is 0 Å². The highest BCUT2D eigenvalue weighted by Gasteiger charge is 2.18. The molecule has 2 amide bonds. The van der Waals surface area contributed by atoms with Crippen molar-refractivity contribution in [2.75, 3.05) is 32.7 Å². The Balaban J connectivity index is 2.07. The number of rotatable bonds is 5. The van der Waals surface area contributed by atoms with E-state index in [-0.39, 0.29) is 6.03 Å². The molecule has 0 saturated carbocycles. The zero-order valence-corrected chi connectivity index (χ0v) is 10.6. The van der Waals surface area contributed by atoms with Crippen LogP contribution in [-0.2, 0) is 0 Å². The van der Waals surface area contributed by atoms with E-state index in [1.54, 1.807) is 0 Å². The van der Waals surface area contributed by atoms with Gasteiger partial charge in [0.1, 0.15) is 0 Å². The number of nitrogens with one attached hydrogen (secondary N) is 2. The minimum absolute atomic E-state index is 0.0141. The number of carbonyl (C=O) groups excluding carboxylic acids is 1. The normalized spacial score (nSPS) is 18.4. The molecule has 1 fully saturated rings. The van der Waals surface area contributed by atoms with E-state index >= 15 is 0 Å². The first kappa shape index (κ1) is 13.3. The predicted octanol–water partition coefficient (Wildman–Crippen LogP) is 1.43. The van der Waals surface area contributed by atoms with Gasteiger partial charge in [-0.15, -0.1) is 0 Å². The molecule has 0 radical (unpaired) electrons. The van der Waals surface area contributed by atoms with Crippen LogP contribution in [0, 0.1) is 5.92 Å². The number of urea groups is 1. The number of hydrogen-bond donors (Lipinski definition) is 2. The summed E-state index contributed by atoms with van der Waals surface area (Å²) < 4.78 is 0. The molecule has 1 heterocycles. The number of likely N-dealkylation sites (tertiary alicyclic amines) is 1. The molecular weight excluding hydrogens is 202 g/mol. The van der Waals surface area contributed by atoms with Crippen LogP contribution in [0.4, 0.5) is 4.79 Å². The first-order valence-corrected chi connectivity index (χ1v) is 6.50. The second-order valence-electron chi connectivity index (χ2n) is 4.51.